The van der Waals surface area contributed by atoms with E-state index in [4.69, 9.17) is 15.2 Å². The Kier molecular flexibility index (Phi) is 7.14. The fourth-order valence-corrected chi connectivity index (χ4v) is 3.61. The van der Waals surface area contributed by atoms with Crippen molar-refractivity contribution in [2.45, 2.75) is 38.0 Å². The predicted molar refractivity (Wildman–Crippen MR) is 109 cm³/mol. The largest absolute Gasteiger partial charge is 1.00 e. The number of aliphatic hydroxyl groups excluding tert-OH is 2. The number of hydrogen-bond acceptors (Lipinski definition) is 8. The Morgan fingerprint density at radius 3 is 2.66 bits per heavy atom. The number of aromatic nitrogens is 4. The molecule has 1 aliphatic heterocycles. The van der Waals surface area contributed by atoms with Crippen LogP contribution in [0.4, 0.5) is 5.82 Å². The number of likely N-dealkylation sites (N-methyl/N-ethyl adjacent to an activating group) is 1. The lowest BCUT2D eigenvalue weighted by Gasteiger charge is -2.15. The maximum absolute atomic E-state index is 12.1. The standard InChI is InChI=1S/C20H24N6O5.ClH/c1-3-22-19(29)16-14(27)15(28)20(31-16)26-10-23-13-17(21)25(9-24-18(13)26)8-11-4-6-12(30-2)7-5-11;/h4-7,9-10,14-16,20-21,27-28H,3,8H2,1-2H3,(H,22,29);1H/t14-,15+,16-,20+;/m0./s1. The molecule has 0 unspecified atom stereocenters. The van der Waals surface area contributed by atoms with Crippen molar-refractivity contribution in [1.29, 1.82) is 0 Å². The van der Waals surface area contributed by atoms with E-state index in [2.05, 4.69) is 15.3 Å². The Bertz CT molecular complexity index is 1090. The van der Waals surface area contributed by atoms with Gasteiger partial charge >= 0.3 is 0 Å². The highest BCUT2D eigenvalue weighted by Crippen LogP contribution is 2.32. The molecule has 4 rings (SSSR count). The van der Waals surface area contributed by atoms with Crippen LogP contribution in [0, 0.1) is 0 Å². The summed E-state index contributed by atoms with van der Waals surface area (Å²) in [6, 6.07) is 7.59. The zero-order valence-electron chi connectivity index (χ0n) is 17.6. The maximum atomic E-state index is 12.1. The van der Waals surface area contributed by atoms with E-state index >= 15 is 0 Å². The monoisotopic (exact) mass is 464 g/mol. The first-order valence-electron chi connectivity index (χ1n) is 9.87. The van der Waals surface area contributed by atoms with Crippen LogP contribution in [0.3, 0.4) is 0 Å². The van der Waals surface area contributed by atoms with Crippen LogP contribution >= 0.6 is 0 Å². The molecule has 0 radical (unpaired) electrons. The van der Waals surface area contributed by atoms with Gasteiger partial charge < -0.3 is 43.1 Å². The van der Waals surface area contributed by atoms with E-state index in [9.17, 15) is 15.0 Å². The highest BCUT2D eigenvalue weighted by molar-refractivity contribution is 5.82. The molecule has 1 saturated heterocycles. The molecule has 0 saturated carbocycles. The number of nitrogen functional groups attached to an aromatic ring is 1. The number of nitrogens with two attached hydrogens (primary N) is 1. The quantitative estimate of drug-likeness (QED) is 0.271. The molecule has 4 atom stereocenters. The first-order chi connectivity index (χ1) is 14.9. The van der Waals surface area contributed by atoms with E-state index in [0.717, 1.165) is 11.3 Å². The van der Waals surface area contributed by atoms with Crippen LogP contribution in [-0.4, -0.2) is 62.6 Å². The van der Waals surface area contributed by atoms with Gasteiger partial charge in [0.05, 0.1) is 13.7 Å². The van der Waals surface area contributed by atoms with Gasteiger partial charge in [0, 0.05) is 6.54 Å². The summed E-state index contributed by atoms with van der Waals surface area (Å²) in [6.07, 6.45) is -1.95. The van der Waals surface area contributed by atoms with E-state index in [-0.39, 0.29) is 12.4 Å². The molecule has 1 aliphatic rings. The van der Waals surface area contributed by atoms with E-state index in [1.807, 2.05) is 24.3 Å². The highest BCUT2D eigenvalue weighted by Gasteiger charge is 2.48. The number of halogens is 1. The first-order valence-corrected chi connectivity index (χ1v) is 9.87. The van der Waals surface area contributed by atoms with Gasteiger partial charge in [-0.3, -0.25) is 9.36 Å². The molecule has 32 heavy (non-hydrogen) atoms. The average molecular weight is 465 g/mol. The number of carbonyl (C=O) groups is 1. The van der Waals surface area contributed by atoms with Crippen LogP contribution < -0.4 is 32.8 Å². The van der Waals surface area contributed by atoms with Gasteiger partial charge in [-0.05, 0) is 24.6 Å². The number of nitrogens with one attached hydrogen (secondary N) is 1. The summed E-state index contributed by atoms with van der Waals surface area (Å²) in [5.41, 5.74) is 8.11. The molecule has 172 valence electrons. The molecule has 0 bridgehead atoms. The van der Waals surface area contributed by atoms with Crippen molar-refractivity contribution in [2.24, 2.45) is 0 Å². The molecule has 11 nitrogen and oxygen atoms in total. The lowest BCUT2D eigenvalue weighted by molar-refractivity contribution is -0.675. The second-order valence-electron chi connectivity index (χ2n) is 7.25. The number of fused-ring (bicyclic) bond motifs is 1. The number of ether oxygens (including phenoxy) is 2. The summed E-state index contributed by atoms with van der Waals surface area (Å²) in [5.74, 6) is 0.649. The van der Waals surface area contributed by atoms with Crippen molar-refractivity contribution in [3.05, 3.63) is 42.5 Å². The van der Waals surface area contributed by atoms with Gasteiger partial charge in [-0.1, -0.05) is 17.1 Å². The van der Waals surface area contributed by atoms with Crippen LogP contribution in [0.1, 0.15) is 18.7 Å². The summed E-state index contributed by atoms with van der Waals surface area (Å²) in [4.78, 5) is 20.9. The van der Waals surface area contributed by atoms with Crippen LogP contribution in [0.2, 0.25) is 0 Å². The normalized spacial score (nSPS) is 22.5. The van der Waals surface area contributed by atoms with E-state index in [1.54, 1.807) is 24.9 Å². The van der Waals surface area contributed by atoms with Crippen molar-refractivity contribution in [1.82, 2.24) is 19.9 Å². The van der Waals surface area contributed by atoms with Gasteiger partial charge in [-0.15, -0.1) is 0 Å². The topological polar surface area (TPSA) is 149 Å². The molecule has 0 aliphatic carbocycles. The SMILES string of the molecule is CCNC(=O)[C@H]1O[C@@H](n2cnc3c(N)[n+](Cc4ccc(OC)cc4)cnc32)[C@H](O)[C@@H]1O.[Cl-]. The minimum Gasteiger partial charge on any atom is -1.00 e. The summed E-state index contributed by atoms with van der Waals surface area (Å²) in [5, 5.41) is 23.3. The second kappa shape index (κ2) is 9.65. The number of imidazole rings is 1. The number of amides is 1. The van der Waals surface area contributed by atoms with Crippen molar-refractivity contribution in [3.8, 4) is 5.75 Å². The van der Waals surface area contributed by atoms with Gasteiger partial charge in [0.1, 0.15) is 24.3 Å². The second-order valence-corrected chi connectivity index (χ2v) is 7.25. The first kappa shape index (κ1) is 23.7. The van der Waals surface area contributed by atoms with E-state index < -0.39 is 30.4 Å². The molecule has 1 amide bonds. The maximum Gasteiger partial charge on any atom is 0.252 e. The molecule has 5 N–H and O–H groups in total. The number of methoxy groups -OCH3 is 1. The third kappa shape index (κ3) is 4.19. The summed E-state index contributed by atoms with van der Waals surface area (Å²) < 4.78 is 14.0. The minimum absolute atomic E-state index is 0. The van der Waals surface area contributed by atoms with Gasteiger partial charge in [0.25, 0.3) is 11.7 Å². The van der Waals surface area contributed by atoms with E-state index in [0.29, 0.717) is 30.1 Å². The third-order valence-electron chi connectivity index (χ3n) is 5.27. The third-order valence-corrected chi connectivity index (χ3v) is 5.27. The Morgan fingerprint density at radius 1 is 1.28 bits per heavy atom. The average Bonchev–Trinajstić information content (AvgIpc) is 3.32. The Labute approximate surface area is 190 Å². The highest BCUT2D eigenvalue weighted by atomic mass is 35.5. The molecule has 3 aromatic rings. The molecular weight excluding hydrogens is 440 g/mol. The molecule has 2 aromatic heterocycles. The zero-order valence-corrected chi connectivity index (χ0v) is 18.3. The smallest absolute Gasteiger partial charge is 0.252 e. The van der Waals surface area contributed by atoms with Crippen molar-refractivity contribution in [2.75, 3.05) is 19.4 Å². The Morgan fingerprint density at radius 2 is 2.00 bits per heavy atom. The molecule has 1 fully saturated rings. The van der Waals surface area contributed by atoms with Gasteiger partial charge in [-0.25, -0.2) is 9.55 Å². The van der Waals surface area contributed by atoms with Crippen molar-refractivity contribution in [3.63, 3.8) is 0 Å². The molecule has 1 aromatic carbocycles. The molecular formula is C20H25ClN6O5. The van der Waals surface area contributed by atoms with Crippen LogP contribution in [0.25, 0.3) is 11.2 Å². The van der Waals surface area contributed by atoms with Gasteiger partial charge in [0.15, 0.2) is 17.8 Å². The van der Waals surface area contributed by atoms with Crippen LogP contribution in [-0.2, 0) is 16.1 Å². The number of carbonyl (C=O) groups excluding carboxylic acids is 1. The summed E-state index contributed by atoms with van der Waals surface area (Å²) in [6.45, 7) is 2.61. The van der Waals surface area contributed by atoms with Crippen molar-refractivity contribution < 1.29 is 41.5 Å². The zero-order chi connectivity index (χ0) is 22.1. The number of aliphatic hydroxyl groups is 2. The summed E-state index contributed by atoms with van der Waals surface area (Å²) >= 11 is 0. The van der Waals surface area contributed by atoms with Crippen LogP contribution in [0.5, 0.6) is 5.75 Å². The number of hydrogen-bond donors (Lipinski definition) is 4. The molecule has 12 heteroatoms. The van der Waals surface area contributed by atoms with E-state index in [1.165, 1.54) is 10.9 Å². The molecule has 3 heterocycles. The number of anilines is 1. The lowest BCUT2D eigenvalue weighted by atomic mass is 10.1. The van der Waals surface area contributed by atoms with Crippen LogP contribution in [0.15, 0.2) is 36.9 Å². The predicted octanol–water partition coefficient (Wildman–Crippen LogP) is -3.88. The molecule has 0 spiro atoms. The minimum atomic E-state index is -1.38. The van der Waals surface area contributed by atoms with Gasteiger partial charge in [-0.2, -0.15) is 0 Å². The summed E-state index contributed by atoms with van der Waals surface area (Å²) in [7, 11) is 1.61. The number of benzene rings is 1. The Balaban J connectivity index is 0.00000289. The number of rotatable bonds is 6. The van der Waals surface area contributed by atoms with Crippen molar-refractivity contribution >= 4 is 22.9 Å². The Hall–Kier alpha value is -2.99. The number of nitrogens with zero attached hydrogens (tertiary/aromatic N) is 4. The van der Waals surface area contributed by atoms with Gasteiger partial charge in [0.2, 0.25) is 12.0 Å². The fourth-order valence-electron chi connectivity index (χ4n) is 3.61. The fraction of sp³-hybridized carbons (Fsp3) is 0.400. The lowest BCUT2D eigenvalue weighted by Crippen LogP contribution is -3.00.